The first-order chi connectivity index (χ1) is 8.38. The lowest BCUT2D eigenvalue weighted by Gasteiger charge is -2.13. The Labute approximate surface area is 98.8 Å². The van der Waals surface area contributed by atoms with E-state index in [2.05, 4.69) is 10.3 Å². The van der Waals surface area contributed by atoms with Crippen LogP contribution in [0.1, 0.15) is 0 Å². The second-order valence-electron chi connectivity index (χ2n) is 3.44. The Kier molecular flexibility index (Phi) is 2.77. The third-order valence-corrected chi connectivity index (χ3v) is 2.22. The number of aliphatic imine (C=N–C) groups is 1. The molecule has 0 saturated carbocycles. The number of allylic oxidation sites excluding steroid dienone is 2. The van der Waals surface area contributed by atoms with Crippen molar-refractivity contribution in [2.75, 3.05) is 5.32 Å². The number of fused-ring (bicyclic) bond motifs is 1. The summed E-state index contributed by atoms with van der Waals surface area (Å²) in [6.07, 6.45) is -2.81. The summed E-state index contributed by atoms with van der Waals surface area (Å²) in [4.78, 5) is 13.6. The average Bonchev–Trinajstić information content (AvgIpc) is 2.48. The van der Waals surface area contributed by atoms with Crippen molar-refractivity contribution in [3.05, 3.63) is 40.1 Å². The Morgan fingerprint density at radius 2 is 2.06 bits per heavy atom. The Morgan fingerprint density at radius 3 is 2.67 bits per heavy atom. The Balaban J connectivity index is 2.41. The fraction of sp³-hybridized carbons (Fsp3) is 0.100. The van der Waals surface area contributed by atoms with Gasteiger partial charge in [-0.1, -0.05) is 0 Å². The number of rotatable bonds is 1. The van der Waals surface area contributed by atoms with Gasteiger partial charge in [-0.25, -0.2) is 0 Å². The zero-order valence-corrected chi connectivity index (χ0v) is 8.73. The molecule has 0 amide bonds. The highest BCUT2D eigenvalue weighted by Gasteiger charge is 2.34. The van der Waals surface area contributed by atoms with Crippen LogP contribution in [0, 0.1) is 10.1 Å². The van der Waals surface area contributed by atoms with Crippen LogP contribution < -0.4 is 5.32 Å². The van der Waals surface area contributed by atoms with Crippen LogP contribution in [0.15, 0.2) is 35.0 Å². The highest BCUT2D eigenvalue weighted by atomic mass is 19.4. The molecule has 1 heterocycles. The Morgan fingerprint density at radius 1 is 1.33 bits per heavy atom. The predicted octanol–water partition coefficient (Wildman–Crippen LogP) is 3.17. The maximum atomic E-state index is 12.5. The van der Waals surface area contributed by atoms with Gasteiger partial charge in [-0.05, 0) is 12.1 Å². The summed E-state index contributed by atoms with van der Waals surface area (Å²) in [7, 11) is 0. The van der Waals surface area contributed by atoms with Crippen LogP contribution in [-0.4, -0.2) is 17.3 Å². The van der Waals surface area contributed by atoms with Crippen LogP contribution in [-0.2, 0) is 0 Å². The minimum Gasteiger partial charge on any atom is -0.350 e. The van der Waals surface area contributed by atoms with Crippen molar-refractivity contribution in [1.29, 1.82) is 0 Å². The topological polar surface area (TPSA) is 67.5 Å². The Hall–Kier alpha value is -2.38. The molecule has 94 valence electrons. The summed E-state index contributed by atoms with van der Waals surface area (Å²) < 4.78 is 37.6. The van der Waals surface area contributed by atoms with Crippen LogP contribution in [0.5, 0.6) is 0 Å². The number of nitrogens with zero attached hydrogens (tertiary/aromatic N) is 2. The average molecular weight is 257 g/mol. The number of hydrogen-bond acceptors (Lipinski definition) is 4. The molecule has 1 aromatic rings. The SMILES string of the molecule is O=[N+]([O-])c1ccc2c(c1)N=CC=C(C(F)(F)F)N2. The van der Waals surface area contributed by atoms with Crippen molar-refractivity contribution in [3.8, 4) is 0 Å². The molecule has 1 aliphatic heterocycles. The standard InChI is InChI=1S/C10H6F3N3O2/c11-10(12,13)9-3-4-14-8-5-6(16(17)18)1-2-7(8)15-9/h1-5,15H. The van der Waals surface area contributed by atoms with E-state index in [1.165, 1.54) is 6.07 Å². The van der Waals surface area contributed by atoms with Crippen molar-refractivity contribution < 1.29 is 18.1 Å². The van der Waals surface area contributed by atoms with Gasteiger partial charge < -0.3 is 5.32 Å². The molecule has 8 heteroatoms. The van der Waals surface area contributed by atoms with Crippen LogP contribution in [0.2, 0.25) is 0 Å². The molecule has 0 spiro atoms. The largest absolute Gasteiger partial charge is 0.431 e. The molecule has 0 atom stereocenters. The molecule has 2 rings (SSSR count). The first-order valence-corrected chi connectivity index (χ1v) is 4.75. The smallest absolute Gasteiger partial charge is 0.350 e. The second-order valence-corrected chi connectivity index (χ2v) is 3.44. The first kappa shape index (κ1) is 12.1. The van der Waals surface area contributed by atoms with Crippen molar-refractivity contribution >= 4 is 23.3 Å². The van der Waals surface area contributed by atoms with E-state index >= 15 is 0 Å². The molecule has 0 aromatic heterocycles. The lowest BCUT2D eigenvalue weighted by atomic mass is 10.2. The third-order valence-electron chi connectivity index (χ3n) is 2.22. The van der Waals surface area contributed by atoms with E-state index in [0.29, 0.717) is 0 Å². The van der Waals surface area contributed by atoms with Gasteiger partial charge in [-0.3, -0.25) is 15.1 Å². The maximum Gasteiger partial charge on any atom is 0.431 e. The van der Waals surface area contributed by atoms with E-state index in [1.807, 2.05) is 0 Å². The molecular weight excluding hydrogens is 251 g/mol. The maximum absolute atomic E-state index is 12.5. The molecule has 5 nitrogen and oxygen atoms in total. The number of nitro benzene ring substituents is 1. The minimum absolute atomic E-state index is 0.0675. The van der Waals surface area contributed by atoms with Crippen LogP contribution >= 0.6 is 0 Å². The van der Waals surface area contributed by atoms with E-state index in [4.69, 9.17) is 0 Å². The van der Waals surface area contributed by atoms with Gasteiger partial charge in [0.25, 0.3) is 5.69 Å². The van der Waals surface area contributed by atoms with Crippen LogP contribution in [0.3, 0.4) is 0 Å². The van der Waals surface area contributed by atoms with E-state index in [9.17, 15) is 23.3 Å². The summed E-state index contributed by atoms with van der Waals surface area (Å²) in [5.74, 6) is 0. The summed E-state index contributed by atoms with van der Waals surface area (Å²) in [5, 5.41) is 12.7. The van der Waals surface area contributed by atoms with Crippen molar-refractivity contribution in [1.82, 2.24) is 0 Å². The van der Waals surface area contributed by atoms with Crippen LogP contribution in [0.4, 0.5) is 30.2 Å². The highest BCUT2D eigenvalue weighted by Crippen LogP contribution is 2.35. The summed E-state index contributed by atoms with van der Waals surface area (Å²) in [6.45, 7) is 0. The lowest BCUT2D eigenvalue weighted by molar-refractivity contribution is -0.384. The predicted molar refractivity (Wildman–Crippen MR) is 59.0 cm³/mol. The van der Waals surface area contributed by atoms with E-state index in [1.54, 1.807) is 0 Å². The summed E-state index contributed by atoms with van der Waals surface area (Å²) in [5.41, 5.74) is -1.06. The van der Waals surface area contributed by atoms with E-state index < -0.39 is 16.8 Å². The number of hydrogen-bond donors (Lipinski definition) is 1. The molecule has 0 saturated heterocycles. The summed E-state index contributed by atoms with van der Waals surface area (Å²) in [6, 6.07) is 3.41. The summed E-state index contributed by atoms with van der Waals surface area (Å²) >= 11 is 0. The molecule has 0 bridgehead atoms. The molecule has 0 aliphatic carbocycles. The van der Waals surface area contributed by atoms with Gasteiger partial charge in [-0.15, -0.1) is 0 Å². The number of alkyl halides is 3. The number of non-ortho nitro benzene ring substituents is 1. The second kappa shape index (κ2) is 4.13. The number of benzene rings is 1. The third kappa shape index (κ3) is 2.31. The fourth-order valence-corrected chi connectivity index (χ4v) is 1.39. The molecule has 1 aliphatic rings. The molecule has 1 aromatic carbocycles. The normalized spacial score (nSPS) is 14.3. The van der Waals surface area contributed by atoms with Gasteiger partial charge >= 0.3 is 6.18 Å². The van der Waals surface area contributed by atoms with Crippen molar-refractivity contribution in [3.63, 3.8) is 0 Å². The van der Waals surface area contributed by atoms with Gasteiger partial charge in [-0.2, -0.15) is 13.2 Å². The molecule has 1 N–H and O–H groups in total. The molecule has 18 heavy (non-hydrogen) atoms. The van der Waals surface area contributed by atoms with Crippen LogP contribution in [0.25, 0.3) is 0 Å². The zero-order valence-electron chi connectivity index (χ0n) is 8.73. The number of nitrogens with one attached hydrogen (secondary N) is 1. The highest BCUT2D eigenvalue weighted by molar-refractivity contribution is 5.84. The quantitative estimate of drug-likeness (QED) is 0.620. The monoisotopic (exact) mass is 257 g/mol. The molecule has 0 radical (unpaired) electrons. The van der Waals surface area contributed by atoms with Crippen molar-refractivity contribution in [2.45, 2.75) is 6.18 Å². The minimum atomic E-state index is -4.53. The van der Waals surface area contributed by atoms with E-state index in [-0.39, 0.29) is 17.1 Å². The molecule has 0 fully saturated rings. The van der Waals surface area contributed by atoms with E-state index in [0.717, 1.165) is 24.4 Å². The van der Waals surface area contributed by atoms with Gasteiger partial charge in [0.15, 0.2) is 0 Å². The zero-order chi connectivity index (χ0) is 13.3. The lowest BCUT2D eigenvalue weighted by Crippen LogP contribution is -2.18. The number of anilines is 1. The van der Waals surface area contributed by atoms with Gasteiger partial charge in [0, 0.05) is 18.3 Å². The fourth-order valence-electron chi connectivity index (χ4n) is 1.39. The molecular formula is C10H6F3N3O2. The van der Waals surface area contributed by atoms with Gasteiger partial charge in [0.2, 0.25) is 0 Å². The number of nitro groups is 1. The van der Waals surface area contributed by atoms with Gasteiger partial charge in [0.1, 0.15) is 5.70 Å². The van der Waals surface area contributed by atoms with Gasteiger partial charge in [0.05, 0.1) is 16.3 Å². The number of halogens is 3. The Bertz CT molecular complexity index is 564. The first-order valence-electron chi connectivity index (χ1n) is 4.75. The van der Waals surface area contributed by atoms with Crippen molar-refractivity contribution in [2.24, 2.45) is 4.99 Å². The molecule has 0 unspecified atom stereocenters.